The number of ether oxygens (including phenoxy) is 1. The maximum absolute atomic E-state index is 10.6. The van der Waals surface area contributed by atoms with E-state index in [1.54, 1.807) is 18.2 Å². The first kappa shape index (κ1) is 9.83. The summed E-state index contributed by atoms with van der Waals surface area (Å²) < 4.78 is 5.24. The Balaban J connectivity index is 2.67. The second-order valence-corrected chi connectivity index (χ2v) is 2.50. The molecule has 1 unspecified atom stereocenters. The SMILES string of the molecule is CCOc1cccc(O[NH+](C)[O-])c1. The van der Waals surface area contributed by atoms with Crippen molar-refractivity contribution in [3.63, 3.8) is 0 Å². The van der Waals surface area contributed by atoms with E-state index in [9.17, 15) is 5.21 Å². The molecule has 1 N–H and O–H groups in total. The molecule has 0 radical (unpaired) electrons. The smallest absolute Gasteiger partial charge is 0.194 e. The van der Waals surface area contributed by atoms with Crippen LogP contribution in [-0.4, -0.2) is 13.7 Å². The summed E-state index contributed by atoms with van der Waals surface area (Å²) in [6.07, 6.45) is 0. The largest absolute Gasteiger partial charge is 0.591 e. The van der Waals surface area contributed by atoms with Gasteiger partial charge in [0, 0.05) is 6.07 Å². The first-order valence-corrected chi connectivity index (χ1v) is 4.13. The molecule has 0 fully saturated rings. The number of benzene rings is 1. The van der Waals surface area contributed by atoms with Gasteiger partial charge in [-0.25, -0.2) is 0 Å². The molecule has 1 rings (SSSR count). The van der Waals surface area contributed by atoms with Crippen LogP contribution in [0.3, 0.4) is 0 Å². The van der Waals surface area contributed by atoms with Crippen molar-refractivity contribution in [1.29, 1.82) is 0 Å². The van der Waals surface area contributed by atoms with Crippen molar-refractivity contribution in [1.82, 2.24) is 0 Å². The minimum Gasteiger partial charge on any atom is -0.591 e. The van der Waals surface area contributed by atoms with Crippen molar-refractivity contribution in [2.45, 2.75) is 6.92 Å². The zero-order valence-corrected chi connectivity index (χ0v) is 7.74. The third kappa shape index (κ3) is 3.31. The van der Waals surface area contributed by atoms with Crippen molar-refractivity contribution >= 4 is 0 Å². The molecule has 0 saturated heterocycles. The van der Waals surface area contributed by atoms with Gasteiger partial charge in [0.05, 0.1) is 6.61 Å². The highest BCUT2D eigenvalue weighted by Crippen LogP contribution is 2.17. The molecule has 1 aromatic rings. The van der Waals surface area contributed by atoms with E-state index < -0.39 is 0 Å². The average molecular weight is 183 g/mol. The predicted molar refractivity (Wildman–Crippen MR) is 48.5 cm³/mol. The molecule has 0 aromatic heterocycles. The summed E-state index contributed by atoms with van der Waals surface area (Å²) in [7, 11) is 1.37. The third-order valence-corrected chi connectivity index (χ3v) is 1.38. The molecule has 4 heteroatoms. The molecule has 72 valence electrons. The summed E-state index contributed by atoms with van der Waals surface area (Å²) >= 11 is 0. The van der Waals surface area contributed by atoms with Crippen molar-refractivity contribution in [3.05, 3.63) is 29.5 Å². The maximum Gasteiger partial charge on any atom is 0.194 e. The highest BCUT2D eigenvalue weighted by molar-refractivity contribution is 5.32. The molecular formula is C9H13NO3. The minimum atomic E-state index is -0.325. The van der Waals surface area contributed by atoms with Crippen molar-refractivity contribution in [3.8, 4) is 11.5 Å². The number of nitrogens with one attached hydrogen (secondary N) is 1. The van der Waals surface area contributed by atoms with Gasteiger partial charge in [0.15, 0.2) is 5.75 Å². The lowest BCUT2D eigenvalue weighted by molar-refractivity contribution is -1.00. The lowest BCUT2D eigenvalue weighted by Gasteiger charge is -2.15. The Morgan fingerprint density at radius 3 is 2.69 bits per heavy atom. The normalized spacial score (nSPS) is 12.2. The highest BCUT2D eigenvalue weighted by Gasteiger charge is 1.98. The molecular weight excluding hydrogens is 170 g/mol. The Hall–Kier alpha value is -1.26. The van der Waals surface area contributed by atoms with Gasteiger partial charge in [-0.15, -0.1) is 0 Å². The standard InChI is InChI=1S/C9H13NO3/c1-3-12-8-5-4-6-9(7-8)13-10(2)11/h4-7,10H,3H2,1-2H3. The van der Waals surface area contributed by atoms with Crippen LogP contribution in [-0.2, 0) is 0 Å². The van der Waals surface area contributed by atoms with Gasteiger partial charge in [0.1, 0.15) is 12.8 Å². The zero-order chi connectivity index (χ0) is 9.68. The van der Waals surface area contributed by atoms with Crippen LogP contribution in [0.15, 0.2) is 24.3 Å². The van der Waals surface area contributed by atoms with Crippen molar-refractivity contribution in [2.75, 3.05) is 13.7 Å². The third-order valence-electron chi connectivity index (χ3n) is 1.38. The molecule has 1 atom stereocenters. The van der Waals surface area contributed by atoms with E-state index in [4.69, 9.17) is 9.57 Å². The average Bonchev–Trinajstić information content (AvgIpc) is 2.04. The van der Waals surface area contributed by atoms with Gasteiger partial charge >= 0.3 is 0 Å². The molecule has 0 amide bonds. The minimum absolute atomic E-state index is 0.325. The van der Waals surface area contributed by atoms with E-state index in [2.05, 4.69) is 0 Å². The Kier molecular flexibility index (Phi) is 3.54. The highest BCUT2D eigenvalue weighted by atomic mass is 16.9. The predicted octanol–water partition coefficient (Wildman–Crippen LogP) is 0.392. The number of hydroxylamine groups is 2. The fraction of sp³-hybridized carbons (Fsp3) is 0.333. The second kappa shape index (κ2) is 4.69. The van der Waals surface area contributed by atoms with E-state index in [0.717, 1.165) is 0 Å². The lowest BCUT2D eigenvalue weighted by atomic mass is 10.3. The Morgan fingerprint density at radius 2 is 2.08 bits per heavy atom. The van der Waals surface area contributed by atoms with E-state index in [0.29, 0.717) is 18.1 Å². The van der Waals surface area contributed by atoms with Gasteiger partial charge in [-0.3, -0.25) is 0 Å². The summed E-state index contributed by atoms with van der Waals surface area (Å²) in [5.74, 6) is 1.22. The van der Waals surface area contributed by atoms with Crippen molar-refractivity contribution in [2.24, 2.45) is 0 Å². The van der Waals surface area contributed by atoms with E-state index in [1.165, 1.54) is 7.05 Å². The number of hydrogen-bond acceptors (Lipinski definition) is 3. The summed E-state index contributed by atoms with van der Waals surface area (Å²) in [5.41, 5.74) is 0. The van der Waals surface area contributed by atoms with Gasteiger partial charge in [0.2, 0.25) is 0 Å². The topological polar surface area (TPSA) is 46.0 Å². The monoisotopic (exact) mass is 183 g/mol. The van der Waals surface area contributed by atoms with Crippen LogP contribution in [0.1, 0.15) is 6.92 Å². The Bertz CT molecular complexity index is 263. The van der Waals surface area contributed by atoms with Crippen LogP contribution in [0.25, 0.3) is 0 Å². The van der Waals surface area contributed by atoms with E-state index in [-0.39, 0.29) is 5.23 Å². The van der Waals surface area contributed by atoms with Gasteiger partial charge in [-0.1, -0.05) is 6.07 Å². The molecule has 0 aliphatic rings. The molecule has 4 nitrogen and oxygen atoms in total. The summed E-state index contributed by atoms with van der Waals surface area (Å²) in [6.45, 7) is 2.50. The summed E-state index contributed by atoms with van der Waals surface area (Å²) in [5, 5.41) is 10.3. The van der Waals surface area contributed by atoms with Crippen molar-refractivity contribution < 1.29 is 14.8 Å². The molecule has 0 heterocycles. The molecule has 0 spiro atoms. The molecule has 1 aromatic carbocycles. The Labute approximate surface area is 77.2 Å². The van der Waals surface area contributed by atoms with Crippen LogP contribution in [0, 0.1) is 5.21 Å². The maximum atomic E-state index is 10.6. The molecule has 0 bridgehead atoms. The number of hydrogen-bond donors (Lipinski definition) is 1. The van der Waals surface area contributed by atoms with Crippen LogP contribution in [0.5, 0.6) is 11.5 Å². The Morgan fingerprint density at radius 1 is 1.38 bits per heavy atom. The second-order valence-electron chi connectivity index (χ2n) is 2.50. The van der Waals surface area contributed by atoms with Gasteiger partial charge < -0.3 is 14.8 Å². The fourth-order valence-electron chi connectivity index (χ4n) is 0.960. The number of rotatable bonds is 4. The summed E-state index contributed by atoms with van der Waals surface area (Å²) in [4.78, 5) is 4.88. The van der Waals surface area contributed by atoms with Gasteiger partial charge in [-0.2, -0.15) is 5.23 Å². The molecule has 0 saturated carbocycles. The van der Waals surface area contributed by atoms with E-state index in [1.807, 2.05) is 13.0 Å². The van der Waals surface area contributed by atoms with Crippen LogP contribution >= 0.6 is 0 Å². The van der Waals surface area contributed by atoms with E-state index >= 15 is 0 Å². The molecule has 0 aliphatic carbocycles. The molecule has 13 heavy (non-hydrogen) atoms. The zero-order valence-electron chi connectivity index (χ0n) is 7.74. The molecule has 0 aliphatic heterocycles. The van der Waals surface area contributed by atoms with Gasteiger partial charge in [0.25, 0.3) is 0 Å². The van der Waals surface area contributed by atoms with Crippen LogP contribution in [0.2, 0.25) is 0 Å². The van der Waals surface area contributed by atoms with Crippen LogP contribution in [0.4, 0.5) is 0 Å². The quantitative estimate of drug-likeness (QED) is 0.687. The fourth-order valence-corrected chi connectivity index (χ4v) is 0.960. The van der Waals surface area contributed by atoms with Gasteiger partial charge in [-0.05, 0) is 19.1 Å². The first-order chi connectivity index (χ1) is 6.22. The van der Waals surface area contributed by atoms with Crippen LogP contribution < -0.4 is 14.8 Å². The summed E-state index contributed by atoms with van der Waals surface area (Å²) in [6, 6.07) is 6.99. The number of quaternary nitrogens is 1. The lowest BCUT2D eigenvalue weighted by Crippen LogP contribution is -3.05. The first-order valence-electron chi connectivity index (χ1n) is 4.13.